The summed E-state index contributed by atoms with van der Waals surface area (Å²) >= 11 is 1.44. The van der Waals surface area contributed by atoms with Crippen LogP contribution in [-0.2, 0) is 0 Å². The highest BCUT2D eigenvalue weighted by atomic mass is 32.1. The SMILES string of the molecule is Cc1nc(-c2ccccn2)sc1C(=O)N1CCN(C/C=C/c2ccccc2)CC1. The van der Waals surface area contributed by atoms with E-state index in [1.165, 1.54) is 16.9 Å². The number of hydrogen-bond donors (Lipinski definition) is 0. The van der Waals surface area contributed by atoms with Crippen molar-refractivity contribution >= 4 is 23.3 Å². The fraction of sp³-hybridized carbons (Fsp3) is 0.261. The minimum atomic E-state index is 0.0849. The third kappa shape index (κ3) is 4.78. The Bertz CT molecular complexity index is 977. The van der Waals surface area contributed by atoms with E-state index in [1.54, 1.807) is 6.20 Å². The Hall–Kier alpha value is -2.83. The van der Waals surface area contributed by atoms with Gasteiger partial charge in [-0.1, -0.05) is 48.6 Å². The van der Waals surface area contributed by atoms with Crippen molar-refractivity contribution in [3.05, 3.63) is 76.9 Å². The van der Waals surface area contributed by atoms with Gasteiger partial charge in [0, 0.05) is 38.9 Å². The predicted octanol–water partition coefficient (Wildman–Crippen LogP) is 3.98. The van der Waals surface area contributed by atoms with Gasteiger partial charge in [0.15, 0.2) is 0 Å². The highest BCUT2D eigenvalue weighted by molar-refractivity contribution is 7.17. The molecule has 0 unspecified atom stereocenters. The zero-order chi connectivity index (χ0) is 20.1. The quantitative estimate of drug-likeness (QED) is 0.645. The Morgan fingerprint density at radius 1 is 1.07 bits per heavy atom. The van der Waals surface area contributed by atoms with E-state index in [9.17, 15) is 4.79 Å². The number of pyridine rings is 1. The molecule has 6 heteroatoms. The molecule has 0 bridgehead atoms. The second-order valence-corrected chi connectivity index (χ2v) is 8.05. The molecule has 4 rings (SSSR count). The number of thiazole rings is 1. The Kier molecular flexibility index (Phi) is 6.12. The largest absolute Gasteiger partial charge is 0.335 e. The molecule has 148 valence electrons. The molecule has 0 spiro atoms. The second-order valence-electron chi connectivity index (χ2n) is 7.05. The molecule has 1 aliphatic heterocycles. The van der Waals surface area contributed by atoms with Gasteiger partial charge in [-0.2, -0.15) is 0 Å². The standard InChI is InChI=1S/C23H24N4OS/c1-18-21(29-22(25-18)20-11-5-6-12-24-20)23(28)27-16-14-26(15-17-27)13-7-10-19-8-3-2-4-9-19/h2-12H,13-17H2,1H3/b10-7+. The number of rotatable bonds is 5. The Morgan fingerprint density at radius 2 is 1.83 bits per heavy atom. The third-order valence-corrected chi connectivity index (χ3v) is 6.18. The van der Waals surface area contributed by atoms with Crippen LogP contribution in [0, 0.1) is 6.92 Å². The number of carbonyl (C=O) groups excluding carboxylic acids is 1. The molecule has 29 heavy (non-hydrogen) atoms. The first kappa shape index (κ1) is 19.5. The van der Waals surface area contributed by atoms with E-state index in [4.69, 9.17) is 0 Å². The van der Waals surface area contributed by atoms with Crippen molar-refractivity contribution in [3.63, 3.8) is 0 Å². The maximum atomic E-state index is 13.0. The van der Waals surface area contributed by atoms with Gasteiger partial charge in [0.05, 0.1) is 11.4 Å². The van der Waals surface area contributed by atoms with Crippen LogP contribution >= 0.6 is 11.3 Å². The van der Waals surface area contributed by atoms with Crippen LogP contribution < -0.4 is 0 Å². The summed E-state index contributed by atoms with van der Waals surface area (Å²) in [4.78, 5) is 27.0. The van der Waals surface area contributed by atoms with E-state index in [-0.39, 0.29) is 5.91 Å². The Labute approximate surface area is 175 Å². The number of amides is 1. The molecule has 1 aliphatic rings. The van der Waals surface area contributed by atoms with E-state index < -0.39 is 0 Å². The summed E-state index contributed by atoms with van der Waals surface area (Å²) in [6, 6.07) is 16.1. The predicted molar refractivity (Wildman–Crippen MR) is 118 cm³/mol. The van der Waals surface area contributed by atoms with Gasteiger partial charge < -0.3 is 4.90 Å². The van der Waals surface area contributed by atoms with Crippen molar-refractivity contribution in [1.82, 2.24) is 19.8 Å². The molecule has 1 saturated heterocycles. The number of nitrogens with zero attached hydrogens (tertiary/aromatic N) is 4. The first-order chi connectivity index (χ1) is 14.2. The van der Waals surface area contributed by atoms with Crippen LogP contribution in [0.15, 0.2) is 60.8 Å². The summed E-state index contributed by atoms with van der Waals surface area (Å²) in [6.07, 6.45) is 6.09. The maximum Gasteiger partial charge on any atom is 0.265 e. The molecular formula is C23H24N4OS. The number of piperazine rings is 1. The monoisotopic (exact) mass is 404 g/mol. The Morgan fingerprint density at radius 3 is 2.55 bits per heavy atom. The molecule has 3 heterocycles. The lowest BCUT2D eigenvalue weighted by Gasteiger charge is -2.34. The van der Waals surface area contributed by atoms with Crippen LogP contribution in [0.2, 0.25) is 0 Å². The average molecular weight is 405 g/mol. The highest BCUT2D eigenvalue weighted by Gasteiger charge is 2.25. The van der Waals surface area contributed by atoms with Crippen LogP contribution in [0.3, 0.4) is 0 Å². The van der Waals surface area contributed by atoms with Crippen LogP contribution in [-0.4, -0.2) is 58.4 Å². The van der Waals surface area contributed by atoms with E-state index in [2.05, 4.69) is 39.2 Å². The molecule has 0 radical (unpaired) electrons. The minimum Gasteiger partial charge on any atom is -0.335 e. The molecule has 1 aromatic carbocycles. The molecule has 1 fully saturated rings. The van der Waals surface area contributed by atoms with Crippen molar-refractivity contribution in [2.24, 2.45) is 0 Å². The van der Waals surface area contributed by atoms with Gasteiger partial charge in [-0.25, -0.2) is 4.98 Å². The number of aryl methyl sites for hydroxylation is 1. The van der Waals surface area contributed by atoms with E-state index in [0.29, 0.717) is 0 Å². The van der Waals surface area contributed by atoms with Crippen molar-refractivity contribution in [1.29, 1.82) is 0 Å². The summed E-state index contributed by atoms with van der Waals surface area (Å²) in [6.45, 7) is 6.06. The van der Waals surface area contributed by atoms with Gasteiger partial charge in [-0.15, -0.1) is 11.3 Å². The fourth-order valence-corrected chi connectivity index (χ4v) is 4.38. The molecular weight excluding hydrogens is 380 g/mol. The fourth-order valence-electron chi connectivity index (χ4n) is 3.37. The zero-order valence-corrected chi connectivity index (χ0v) is 17.3. The number of carbonyl (C=O) groups is 1. The summed E-state index contributed by atoms with van der Waals surface area (Å²) in [7, 11) is 0. The van der Waals surface area contributed by atoms with Crippen molar-refractivity contribution in [2.75, 3.05) is 32.7 Å². The summed E-state index contributed by atoms with van der Waals surface area (Å²) in [5.41, 5.74) is 2.81. The zero-order valence-electron chi connectivity index (χ0n) is 16.5. The van der Waals surface area contributed by atoms with E-state index >= 15 is 0 Å². The Balaban J connectivity index is 1.33. The maximum absolute atomic E-state index is 13.0. The number of hydrogen-bond acceptors (Lipinski definition) is 5. The molecule has 0 saturated carbocycles. The summed E-state index contributed by atoms with van der Waals surface area (Å²) in [5.74, 6) is 0.0849. The van der Waals surface area contributed by atoms with Crippen molar-refractivity contribution in [2.45, 2.75) is 6.92 Å². The molecule has 1 amide bonds. The topological polar surface area (TPSA) is 49.3 Å². The van der Waals surface area contributed by atoms with Gasteiger partial charge in [0.1, 0.15) is 9.88 Å². The normalized spacial score (nSPS) is 15.1. The highest BCUT2D eigenvalue weighted by Crippen LogP contribution is 2.27. The molecule has 2 aromatic heterocycles. The van der Waals surface area contributed by atoms with Crippen LogP contribution in [0.4, 0.5) is 0 Å². The van der Waals surface area contributed by atoms with Crippen molar-refractivity contribution in [3.8, 4) is 10.7 Å². The third-order valence-electron chi connectivity index (χ3n) is 5.01. The lowest BCUT2D eigenvalue weighted by Crippen LogP contribution is -2.48. The van der Waals surface area contributed by atoms with Gasteiger partial charge in [-0.05, 0) is 24.6 Å². The van der Waals surface area contributed by atoms with Crippen LogP contribution in [0.1, 0.15) is 20.9 Å². The van der Waals surface area contributed by atoms with E-state index in [0.717, 1.165) is 54.0 Å². The second kappa shape index (κ2) is 9.11. The van der Waals surface area contributed by atoms with Gasteiger partial charge >= 0.3 is 0 Å². The van der Waals surface area contributed by atoms with Crippen LogP contribution in [0.5, 0.6) is 0 Å². The lowest BCUT2D eigenvalue weighted by molar-refractivity contribution is 0.0654. The van der Waals surface area contributed by atoms with Gasteiger partial charge in [0.2, 0.25) is 0 Å². The molecule has 0 atom stereocenters. The number of benzene rings is 1. The molecule has 3 aromatic rings. The van der Waals surface area contributed by atoms with Crippen molar-refractivity contribution < 1.29 is 4.79 Å². The molecule has 0 N–H and O–H groups in total. The number of aromatic nitrogens is 2. The smallest absolute Gasteiger partial charge is 0.265 e. The summed E-state index contributed by atoms with van der Waals surface area (Å²) in [5, 5.41) is 0.802. The van der Waals surface area contributed by atoms with E-state index in [1.807, 2.05) is 48.2 Å². The van der Waals surface area contributed by atoms with Crippen LogP contribution in [0.25, 0.3) is 16.8 Å². The summed E-state index contributed by atoms with van der Waals surface area (Å²) < 4.78 is 0. The first-order valence-corrected chi connectivity index (χ1v) is 10.6. The molecule has 5 nitrogen and oxygen atoms in total. The average Bonchev–Trinajstić information content (AvgIpc) is 3.17. The van der Waals surface area contributed by atoms with Gasteiger partial charge in [0.25, 0.3) is 5.91 Å². The van der Waals surface area contributed by atoms with Gasteiger partial charge in [-0.3, -0.25) is 14.7 Å². The lowest BCUT2D eigenvalue weighted by atomic mass is 10.2. The minimum absolute atomic E-state index is 0.0849. The molecule has 0 aliphatic carbocycles. The first-order valence-electron chi connectivity index (χ1n) is 9.83.